The van der Waals surface area contributed by atoms with E-state index in [1.54, 1.807) is 0 Å². The lowest BCUT2D eigenvalue weighted by Crippen LogP contribution is -2.29. The van der Waals surface area contributed by atoms with Crippen LogP contribution in [0.3, 0.4) is 0 Å². The highest BCUT2D eigenvalue weighted by Crippen LogP contribution is 2.09. The molecule has 0 aliphatic heterocycles. The van der Waals surface area contributed by atoms with Crippen LogP contribution >= 0.6 is 0 Å². The van der Waals surface area contributed by atoms with E-state index in [9.17, 15) is 18.0 Å². The summed E-state index contributed by atoms with van der Waals surface area (Å²) < 4.78 is 29.6. The van der Waals surface area contributed by atoms with Crippen LogP contribution in [0.4, 0.5) is 0 Å². The average Bonchev–Trinajstić information content (AvgIpc) is 2.43. The Morgan fingerprint density at radius 2 is 1.90 bits per heavy atom. The fourth-order valence-electron chi connectivity index (χ4n) is 1.13. The number of benzene rings is 1. The topological polar surface area (TPSA) is 110 Å². The predicted molar refractivity (Wildman–Crippen MR) is 68.2 cm³/mol. The molecule has 1 aromatic rings. The highest BCUT2D eigenvalue weighted by molar-refractivity contribution is 7.89. The number of nitrogens with one attached hydrogen (secondary N) is 1. The maximum atomic E-state index is 11.7. The van der Waals surface area contributed by atoms with Gasteiger partial charge in [-0.15, -0.1) is 0 Å². The largest absolute Gasteiger partial charge is 0.480 e. The van der Waals surface area contributed by atoms with Crippen LogP contribution in [0.5, 0.6) is 0 Å². The third-order valence-electron chi connectivity index (χ3n) is 2.07. The first-order valence-electron chi connectivity index (χ1n) is 5.26. The van der Waals surface area contributed by atoms with Crippen molar-refractivity contribution in [1.82, 2.24) is 4.72 Å². The molecule has 0 aliphatic carbocycles. The van der Waals surface area contributed by atoms with Crippen LogP contribution in [0, 0.1) is 11.8 Å². The van der Waals surface area contributed by atoms with Gasteiger partial charge in [0.15, 0.2) is 0 Å². The number of hydrogen-bond acceptors (Lipinski definition) is 5. The van der Waals surface area contributed by atoms with Crippen LogP contribution < -0.4 is 4.72 Å². The Bertz CT molecular complexity index is 666. The summed E-state index contributed by atoms with van der Waals surface area (Å²) >= 11 is 0. The third-order valence-corrected chi connectivity index (χ3v) is 3.49. The number of carbonyl (C=O) groups is 2. The van der Waals surface area contributed by atoms with Crippen molar-refractivity contribution in [3.63, 3.8) is 0 Å². The zero-order valence-electron chi connectivity index (χ0n) is 10.4. The smallest absolute Gasteiger partial charge is 0.384 e. The van der Waals surface area contributed by atoms with Gasteiger partial charge in [-0.25, -0.2) is 13.2 Å². The van der Waals surface area contributed by atoms with E-state index in [-0.39, 0.29) is 4.90 Å². The molecule has 0 saturated carbocycles. The Kier molecular flexibility index (Phi) is 5.25. The number of esters is 1. The molecule has 0 spiro atoms. The zero-order chi connectivity index (χ0) is 15.2. The van der Waals surface area contributed by atoms with Crippen molar-refractivity contribution < 1.29 is 27.9 Å². The van der Waals surface area contributed by atoms with Crippen molar-refractivity contribution in [1.29, 1.82) is 0 Å². The zero-order valence-corrected chi connectivity index (χ0v) is 11.2. The quantitative estimate of drug-likeness (QED) is 0.576. The van der Waals surface area contributed by atoms with Gasteiger partial charge in [0.1, 0.15) is 6.54 Å². The molecular formula is C12H11NO6S. The van der Waals surface area contributed by atoms with Gasteiger partial charge < -0.3 is 9.84 Å². The summed E-state index contributed by atoms with van der Waals surface area (Å²) in [5.74, 6) is 2.70. The molecule has 8 heteroatoms. The summed E-state index contributed by atoms with van der Waals surface area (Å²) in [6.45, 7) is -0.702. The second kappa shape index (κ2) is 6.70. The molecule has 0 fully saturated rings. The third kappa shape index (κ3) is 4.72. The van der Waals surface area contributed by atoms with Crippen LogP contribution in [0.2, 0.25) is 0 Å². The number of hydrogen-bond donors (Lipinski definition) is 2. The van der Waals surface area contributed by atoms with Crippen molar-refractivity contribution in [2.45, 2.75) is 4.90 Å². The van der Waals surface area contributed by atoms with Gasteiger partial charge in [-0.1, -0.05) is 5.92 Å². The molecule has 0 unspecified atom stereocenters. The van der Waals surface area contributed by atoms with E-state index >= 15 is 0 Å². The molecule has 0 radical (unpaired) electrons. The number of carboxylic acids is 1. The summed E-state index contributed by atoms with van der Waals surface area (Å²) in [7, 11) is -2.68. The second-order valence-corrected chi connectivity index (χ2v) is 5.25. The monoisotopic (exact) mass is 297 g/mol. The molecule has 1 rings (SSSR count). The van der Waals surface area contributed by atoms with Crippen molar-refractivity contribution in [3.05, 3.63) is 29.8 Å². The van der Waals surface area contributed by atoms with E-state index in [1.807, 2.05) is 4.72 Å². The molecule has 1 aromatic carbocycles. The van der Waals surface area contributed by atoms with Gasteiger partial charge in [0.2, 0.25) is 10.0 Å². The molecule has 0 heterocycles. The second-order valence-electron chi connectivity index (χ2n) is 3.48. The molecule has 0 atom stereocenters. The Labute approximate surface area is 115 Å². The number of carbonyl (C=O) groups excluding carboxylic acids is 1. The maximum absolute atomic E-state index is 11.7. The van der Waals surface area contributed by atoms with Gasteiger partial charge in [-0.3, -0.25) is 4.79 Å². The first-order valence-corrected chi connectivity index (χ1v) is 6.75. The molecule has 0 aromatic heterocycles. The lowest BCUT2D eigenvalue weighted by atomic mass is 10.2. The Morgan fingerprint density at radius 1 is 1.30 bits per heavy atom. The highest BCUT2D eigenvalue weighted by atomic mass is 32.2. The minimum atomic E-state index is -3.88. The van der Waals surface area contributed by atoms with Crippen LogP contribution in [0.15, 0.2) is 29.2 Å². The molecule has 0 amide bonds. The van der Waals surface area contributed by atoms with Crippen LogP contribution in [0.1, 0.15) is 5.56 Å². The first kappa shape index (κ1) is 15.7. The van der Waals surface area contributed by atoms with Crippen molar-refractivity contribution in [2.24, 2.45) is 0 Å². The number of methoxy groups -OCH3 is 1. The summed E-state index contributed by atoms with van der Waals surface area (Å²) in [6, 6.07) is 5.30. The molecule has 0 aliphatic rings. The molecule has 7 nitrogen and oxygen atoms in total. The van der Waals surface area contributed by atoms with Crippen LogP contribution in [0.25, 0.3) is 0 Å². The van der Waals surface area contributed by atoms with Gasteiger partial charge in [-0.2, -0.15) is 4.72 Å². The van der Waals surface area contributed by atoms with E-state index < -0.39 is 28.5 Å². The highest BCUT2D eigenvalue weighted by Gasteiger charge is 2.14. The Balaban J connectivity index is 2.87. The van der Waals surface area contributed by atoms with E-state index in [0.29, 0.717) is 5.56 Å². The standard InChI is InChI=1S/C12H11NO6S/c1-19-12(16)7-4-9-2-5-10(6-3-9)20(17,18)13-8-11(14)15/h2-3,5-6,13H,8H2,1H3,(H,14,15). The molecule has 0 bridgehead atoms. The molecular weight excluding hydrogens is 286 g/mol. The first-order chi connectivity index (χ1) is 9.35. The Hall–Kier alpha value is -2.37. The minimum Gasteiger partial charge on any atom is -0.480 e. The van der Waals surface area contributed by atoms with Crippen LogP contribution in [-0.2, 0) is 24.3 Å². The van der Waals surface area contributed by atoms with E-state index in [4.69, 9.17) is 5.11 Å². The average molecular weight is 297 g/mol. The number of carboxylic acid groups (broad SMARTS) is 1. The van der Waals surface area contributed by atoms with Gasteiger partial charge >= 0.3 is 11.9 Å². The number of rotatable bonds is 4. The number of sulfonamides is 1. The summed E-state index contributed by atoms with van der Waals surface area (Å²) in [5.41, 5.74) is 0.424. The van der Waals surface area contributed by atoms with Crippen LogP contribution in [-0.4, -0.2) is 39.1 Å². The van der Waals surface area contributed by atoms with E-state index in [2.05, 4.69) is 16.6 Å². The van der Waals surface area contributed by atoms with E-state index in [1.165, 1.54) is 31.4 Å². The summed E-state index contributed by atoms with van der Waals surface area (Å²) in [4.78, 5) is 21.0. The molecule has 20 heavy (non-hydrogen) atoms. The lowest BCUT2D eigenvalue weighted by Gasteiger charge is -2.04. The van der Waals surface area contributed by atoms with Gasteiger partial charge in [-0.05, 0) is 24.3 Å². The van der Waals surface area contributed by atoms with E-state index in [0.717, 1.165) is 0 Å². The number of aliphatic carboxylic acids is 1. The normalized spacial score (nSPS) is 10.2. The Morgan fingerprint density at radius 3 is 2.40 bits per heavy atom. The lowest BCUT2D eigenvalue weighted by molar-refractivity contribution is -0.136. The minimum absolute atomic E-state index is 0.0950. The van der Waals surface area contributed by atoms with Gasteiger partial charge in [0, 0.05) is 11.5 Å². The summed E-state index contributed by atoms with van der Waals surface area (Å²) in [6.07, 6.45) is 0. The van der Waals surface area contributed by atoms with Crippen molar-refractivity contribution in [2.75, 3.05) is 13.7 Å². The molecule has 2 N–H and O–H groups in total. The molecule has 106 valence electrons. The SMILES string of the molecule is COC(=O)C#Cc1ccc(S(=O)(=O)NCC(=O)O)cc1. The maximum Gasteiger partial charge on any atom is 0.384 e. The predicted octanol–water partition coefficient (Wildman–Crippen LogP) is -0.426. The molecule has 0 saturated heterocycles. The summed E-state index contributed by atoms with van der Waals surface area (Å²) in [5, 5.41) is 8.42. The van der Waals surface area contributed by atoms with Gasteiger partial charge in [0.25, 0.3) is 0 Å². The van der Waals surface area contributed by atoms with Crippen molar-refractivity contribution >= 4 is 22.0 Å². The number of ether oxygens (including phenoxy) is 1. The van der Waals surface area contributed by atoms with Gasteiger partial charge in [0.05, 0.1) is 12.0 Å². The fourth-order valence-corrected chi connectivity index (χ4v) is 2.11. The fraction of sp³-hybridized carbons (Fsp3) is 0.167. The van der Waals surface area contributed by atoms with Crippen molar-refractivity contribution in [3.8, 4) is 11.8 Å².